The molecule has 3 heteroatoms. The van der Waals surface area contributed by atoms with Gasteiger partial charge in [0.2, 0.25) is 0 Å². The molecule has 1 heterocycles. The zero-order valence-electron chi connectivity index (χ0n) is 10.6. The molecule has 0 bridgehead atoms. The Morgan fingerprint density at radius 2 is 2.18 bits per heavy atom. The molecule has 0 radical (unpaired) electrons. The fourth-order valence-electron chi connectivity index (χ4n) is 2.15. The van der Waals surface area contributed by atoms with Crippen LogP contribution in [0.3, 0.4) is 0 Å². The molecule has 1 aromatic rings. The highest BCUT2D eigenvalue weighted by Gasteiger charge is 2.21. The van der Waals surface area contributed by atoms with E-state index in [0.29, 0.717) is 6.54 Å². The minimum Gasteiger partial charge on any atom is -0.389 e. The number of nitrogens with one attached hydrogen (secondary N) is 1. The van der Waals surface area contributed by atoms with Gasteiger partial charge in [0, 0.05) is 13.1 Å². The largest absolute Gasteiger partial charge is 0.389 e. The van der Waals surface area contributed by atoms with Crippen molar-refractivity contribution in [3.63, 3.8) is 0 Å². The first-order chi connectivity index (χ1) is 8.06. The summed E-state index contributed by atoms with van der Waals surface area (Å²) in [5, 5.41) is 12.9. The number of aliphatic hydroxyl groups is 1. The van der Waals surface area contributed by atoms with Crippen LogP contribution in [0, 0.1) is 0 Å². The van der Waals surface area contributed by atoms with Crippen LogP contribution in [0.1, 0.15) is 31.1 Å². The van der Waals surface area contributed by atoms with Gasteiger partial charge in [-0.15, -0.1) is 0 Å². The molecule has 3 nitrogen and oxygen atoms in total. The summed E-state index contributed by atoms with van der Waals surface area (Å²) in [7, 11) is 0. The normalized spacial score (nSPS) is 20.1. The van der Waals surface area contributed by atoms with E-state index in [4.69, 9.17) is 4.74 Å². The highest BCUT2D eigenvalue weighted by atomic mass is 16.5. The molecule has 0 aromatic heterocycles. The third kappa shape index (κ3) is 3.53. The van der Waals surface area contributed by atoms with Crippen molar-refractivity contribution in [1.29, 1.82) is 0 Å². The molecule has 1 aromatic carbocycles. The summed E-state index contributed by atoms with van der Waals surface area (Å²) in [6.07, 6.45) is 1.11. The summed E-state index contributed by atoms with van der Waals surface area (Å²) in [4.78, 5) is 0. The predicted molar refractivity (Wildman–Crippen MR) is 68.0 cm³/mol. The van der Waals surface area contributed by atoms with Crippen LogP contribution >= 0.6 is 0 Å². The van der Waals surface area contributed by atoms with E-state index in [2.05, 4.69) is 29.6 Å². The van der Waals surface area contributed by atoms with Crippen molar-refractivity contribution >= 4 is 0 Å². The lowest BCUT2D eigenvalue weighted by Crippen LogP contribution is -2.37. The summed E-state index contributed by atoms with van der Waals surface area (Å²) in [6.45, 7) is 5.72. The van der Waals surface area contributed by atoms with Crippen LogP contribution in [0.15, 0.2) is 24.3 Å². The van der Waals surface area contributed by atoms with E-state index >= 15 is 0 Å². The van der Waals surface area contributed by atoms with Gasteiger partial charge < -0.3 is 15.2 Å². The number of ether oxygens (including phenoxy) is 1. The van der Waals surface area contributed by atoms with Crippen LogP contribution in [0.4, 0.5) is 0 Å². The highest BCUT2D eigenvalue weighted by molar-refractivity contribution is 5.31. The van der Waals surface area contributed by atoms with Crippen molar-refractivity contribution in [3.8, 4) is 0 Å². The molecule has 0 aliphatic carbocycles. The smallest absolute Gasteiger partial charge is 0.0952 e. The van der Waals surface area contributed by atoms with Crippen molar-refractivity contribution in [3.05, 3.63) is 35.4 Å². The molecule has 1 aliphatic heterocycles. The maximum atomic E-state index is 9.64. The fraction of sp³-hybridized carbons (Fsp3) is 0.571. The van der Waals surface area contributed by atoms with Crippen LogP contribution in [0.25, 0.3) is 0 Å². The lowest BCUT2D eigenvalue weighted by atomic mass is 9.97. The second kappa shape index (κ2) is 5.17. The highest BCUT2D eigenvalue weighted by Crippen LogP contribution is 2.26. The second-order valence-corrected chi connectivity index (χ2v) is 5.25. The van der Waals surface area contributed by atoms with Crippen LogP contribution < -0.4 is 5.32 Å². The Morgan fingerprint density at radius 1 is 1.41 bits per heavy atom. The molecule has 17 heavy (non-hydrogen) atoms. The number of hydrogen-bond donors (Lipinski definition) is 2. The average molecular weight is 235 g/mol. The lowest BCUT2D eigenvalue weighted by molar-refractivity contribution is 0.0330. The Morgan fingerprint density at radius 3 is 2.94 bits per heavy atom. The van der Waals surface area contributed by atoms with E-state index in [-0.39, 0.29) is 6.10 Å². The standard InChI is InChI=1S/C14H21NO2/c1-14(2,16)10-15-9-13-12-6-4-3-5-11(12)7-8-17-13/h3-6,13,15-16H,7-10H2,1-2H3. The maximum Gasteiger partial charge on any atom is 0.0952 e. The molecular formula is C14H21NO2. The monoisotopic (exact) mass is 235 g/mol. The minimum atomic E-state index is -0.672. The lowest BCUT2D eigenvalue weighted by Gasteiger charge is -2.27. The van der Waals surface area contributed by atoms with Crippen molar-refractivity contribution in [2.75, 3.05) is 19.7 Å². The summed E-state index contributed by atoms with van der Waals surface area (Å²) in [5.41, 5.74) is 1.99. The molecule has 0 amide bonds. The summed E-state index contributed by atoms with van der Waals surface area (Å²) in [5.74, 6) is 0. The SMILES string of the molecule is CC(C)(O)CNCC1OCCc2ccccc21. The molecule has 0 saturated carbocycles. The van der Waals surface area contributed by atoms with Gasteiger partial charge >= 0.3 is 0 Å². The van der Waals surface area contributed by atoms with Crippen LogP contribution in [-0.2, 0) is 11.2 Å². The first kappa shape index (κ1) is 12.6. The van der Waals surface area contributed by atoms with E-state index in [1.165, 1.54) is 11.1 Å². The van der Waals surface area contributed by atoms with Gasteiger partial charge in [0.25, 0.3) is 0 Å². The third-order valence-electron chi connectivity index (χ3n) is 2.98. The van der Waals surface area contributed by atoms with Crippen LogP contribution in [0.5, 0.6) is 0 Å². The van der Waals surface area contributed by atoms with E-state index in [1.54, 1.807) is 13.8 Å². The molecule has 94 valence electrons. The first-order valence-electron chi connectivity index (χ1n) is 6.19. The van der Waals surface area contributed by atoms with Gasteiger partial charge in [0.15, 0.2) is 0 Å². The van der Waals surface area contributed by atoms with Gasteiger partial charge in [-0.3, -0.25) is 0 Å². The summed E-state index contributed by atoms with van der Waals surface area (Å²) in [6, 6.07) is 8.42. The third-order valence-corrected chi connectivity index (χ3v) is 2.98. The molecule has 1 unspecified atom stereocenters. The topological polar surface area (TPSA) is 41.5 Å². The summed E-state index contributed by atoms with van der Waals surface area (Å²) >= 11 is 0. The molecule has 1 aliphatic rings. The van der Waals surface area contributed by atoms with E-state index in [9.17, 15) is 5.11 Å². The molecule has 0 saturated heterocycles. The molecular weight excluding hydrogens is 214 g/mol. The van der Waals surface area contributed by atoms with E-state index < -0.39 is 5.60 Å². The number of rotatable bonds is 4. The average Bonchev–Trinajstić information content (AvgIpc) is 2.28. The quantitative estimate of drug-likeness (QED) is 0.834. The zero-order chi connectivity index (χ0) is 12.3. The Kier molecular flexibility index (Phi) is 3.82. The molecule has 2 rings (SSSR count). The second-order valence-electron chi connectivity index (χ2n) is 5.25. The predicted octanol–water partition coefficient (Wildman–Crippen LogP) is 1.66. The van der Waals surface area contributed by atoms with Crippen LogP contribution in [0.2, 0.25) is 0 Å². The first-order valence-corrected chi connectivity index (χ1v) is 6.19. The maximum absolute atomic E-state index is 9.64. The molecule has 1 atom stereocenters. The Hall–Kier alpha value is -0.900. The number of hydrogen-bond acceptors (Lipinski definition) is 3. The van der Waals surface area contributed by atoms with Crippen molar-refractivity contribution < 1.29 is 9.84 Å². The van der Waals surface area contributed by atoms with E-state index in [1.807, 2.05) is 0 Å². The molecule has 0 fully saturated rings. The number of fused-ring (bicyclic) bond motifs is 1. The van der Waals surface area contributed by atoms with Gasteiger partial charge in [0.05, 0.1) is 18.3 Å². The van der Waals surface area contributed by atoms with E-state index in [0.717, 1.165) is 19.6 Å². The van der Waals surface area contributed by atoms with Crippen molar-refractivity contribution in [1.82, 2.24) is 5.32 Å². The Bertz CT molecular complexity index is 371. The van der Waals surface area contributed by atoms with Gasteiger partial charge in [0.1, 0.15) is 0 Å². The van der Waals surface area contributed by atoms with Crippen molar-refractivity contribution in [2.24, 2.45) is 0 Å². The van der Waals surface area contributed by atoms with Gasteiger partial charge in [-0.05, 0) is 31.4 Å². The van der Waals surface area contributed by atoms with Crippen LogP contribution in [-0.4, -0.2) is 30.4 Å². The fourth-order valence-corrected chi connectivity index (χ4v) is 2.15. The molecule has 0 spiro atoms. The minimum absolute atomic E-state index is 0.113. The van der Waals surface area contributed by atoms with Gasteiger partial charge in [-0.2, -0.15) is 0 Å². The summed E-state index contributed by atoms with van der Waals surface area (Å²) < 4.78 is 5.78. The van der Waals surface area contributed by atoms with Crippen molar-refractivity contribution in [2.45, 2.75) is 32.0 Å². The zero-order valence-corrected chi connectivity index (χ0v) is 10.6. The molecule has 2 N–H and O–H groups in total. The number of benzene rings is 1. The van der Waals surface area contributed by atoms with Gasteiger partial charge in [-0.25, -0.2) is 0 Å². The Balaban J connectivity index is 1.95. The Labute approximate surface area is 103 Å². The van der Waals surface area contributed by atoms with Gasteiger partial charge in [-0.1, -0.05) is 24.3 Å².